The van der Waals surface area contributed by atoms with Crippen molar-refractivity contribution in [3.05, 3.63) is 0 Å². The van der Waals surface area contributed by atoms with E-state index in [1.807, 2.05) is 0 Å². The molecule has 30 nitrogen and oxygen atoms in total. The second kappa shape index (κ2) is 26.6. The fourth-order valence-corrected chi connectivity index (χ4v) is 8.62. The molecule has 16 N–H and O–H groups in total. The predicted molar refractivity (Wildman–Crippen MR) is 219 cm³/mol. The van der Waals surface area contributed by atoms with Gasteiger partial charge in [-0.25, -0.2) is 0 Å². The van der Waals surface area contributed by atoms with Crippen LogP contribution in [0.4, 0.5) is 0 Å². The fourth-order valence-electron chi connectivity index (χ4n) is 8.62. The third-order valence-corrected chi connectivity index (χ3v) is 12.4. The van der Waals surface area contributed by atoms with E-state index in [2.05, 4.69) is 15.4 Å². The van der Waals surface area contributed by atoms with E-state index in [4.69, 9.17) is 47.4 Å². The van der Waals surface area contributed by atoms with Crippen LogP contribution in [0.15, 0.2) is 0 Å². The summed E-state index contributed by atoms with van der Waals surface area (Å²) in [5.74, 6) is -2.10. The zero-order valence-electron chi connectivity index (χ0n) is 38.3. The lowest BCUT2D eigenvalue weighted by molar-refractivity contribution is -0.387. The zero-order valence-corrected chi connectivity index (χ0v) is 38.3. The number of hydrogen-bond donors (Lipinski definition) is 16. The van der Waals surface area contributed by atoms with Gasteiger partial charge in [0.25, 0.3) is 0 Å². The topological polar surface area (TPSA) is 460 Å². The summed E-state index contributed by atoms with van der Waals surface area (Å²) in [5.41, 5.74) is 0. The molecular formula is C40H68N2O28. The van der Waals surface area contributed by atoms with Crippen molar-refractivity contribution in [3.63, 3.8) is 0 Å². The molecule has 25 atom stereocenters. The summed E-state index contributed by atoms with van der Waals surface area (Å²) in [5, 5.41) is 154. The highest BCUT2D eigenvalue weighted by atomic mass is 16.8. The van der Waals surface area contributed by atoms with Gasteiger partial charge >= 0.3 is 5.97 Å². The van der Waals surface area contributed by atoms with Gasteiger partial charge in [0.2, 0.25) is 11.8 Å². The summed E-state index contributed by atoms with van der Waals surface area (Å²) in [6, 6.07) is -3.37. The Hall–Kier alpha value is -2.55. The van der Waals surface area contributed by atoms with Crippen molar-refractivity contribution >= 4 is 17.8 Å². The molecule has 0 unspecified atom stereocenters. The Morgan fingerprint density at radius 1 is 0.429 bits per heavy atom. The maximum Gasteiger partial charge on any atom is 0.305 e. The van der Waals surface area contributed by atoms with E-state index in [0.29, 0.717) is 0 Å². The lowest BCUT2D eigenvalue weighted by atomic mass is 9.94. The number of aliphatic hydroxyl groups is 14. The summed E-state index contributed by atoms with van der Waals surface area (Å²) in [6.07, 6.45) is -40.8. The lowest BCUT2D eigenvalue weighted by Crippen LogP contribution is -2.70. The molecule has 0 spiro atoms. The van der Waals surface area contributed by atoms with Crippen molar-refractivity contribution < 1.29 is 138 Å². The molecule has 0 aromatic rings. The Kier molecular flexibility index (Phi) is 22.2. The normalized spacial score (nSPS) is 44.6. The van der Waals surface area contributed by atoms with Gasteiger partial charge in [-0.2, -0.15) is 0 Å². The molecule has 30 heteroatoms. The number of carbonyl (C=O) groups excluding carboxylic acids is 3. The smallest absolute Gasteiger partial charge is 0.305 e. The van der Waals surface area contributed by atoms with Crippen molar-refractivity contribution in [2.24, 2.45) is 0 Å². The average Bonchev–Trinajstić information content (AvgIpc) is 3.33. The number of rotatable bonds is 21. The Morgan fingerprint density at radius 3 is 1.17 bits per heavy atom. The first-order valence-corrected chi connectivity index (χ1v) is 22.5. The second-order valence-electron chi connectivity index (χ2n) is 17.3. The molecule has 406 valence electrons. The number of methoxy groups -OCH3 is 1. The number of unbranched alkanes of at least 4 members (excludes halogenated alkanes) is 1. The summed E-state index contributed by atoms with van der Waals surface area (Å²) >= 11 is 0. The van der Waals surface area contributed by atoms with E-state index in [1.165, 1.54) is 7.11 Å². The van der Waals surface area contributed by atoms with Crippen molar-refractivity contribution in [2.45, 2.75) is 187 Å². The van der Waals surface area contributed by atoms with Crippen LogP contribution in [-0.4, -0.2) is 289 Å². The van der Waals surface area contributed by atoms with E-state index in [-0.39, 0.29) is 25.9 Å². The maximum absolute atomic E-state index is 12.6. The van der Waals surface area contributed by atoms with Gasteiger partial charge in [-0.3, -0.25) is 14.4 Å². The SMILES string of the molecule is COC(=O)CCCCO[C@@H]1O[C@H](CO)[C@H](O[C@@H]2O[C@H](CO)[C@@H](O[C@@H]3O[C@H](CO)[C@H](O)[C@H](O)[C@H]3O)[C@H](O)[C@H]2NC(C)=O)[C@H](O)[C@H]1O[C@@H]1O[C@H](CO)[C@@H](O[C@@H]2O[C@H](CO)[C@H](O)[C@H](O)[C@H]2O)[C@H](O)[C@H]1NC(C)=O. The summed E-state index contributed by atoms with van der Waals surface area (Å²) in [4.78, 5) is 36.9. The lowest BCUT2D eigenvalue weighted by Gasteiger charge is -2.51. The highest BCUT2D eigenvalue weighted by molar-refractivity contribution is 5.73. The quantitative estimate of drug-likeness (QED) is 0.0375. The molecule has 70 heavy (non-hydrogen) atoms. The van der Waals surface area contributed by atoms with Crippen LogP contribution in [0, 0.1) is 0 Å². The number of nitrogens with one attached hydrogen (secondary N) is 2. The maximum atomic E-state index is 12.6. The molecule has 0 aromatic carbocycles. The molecule has 5 aliphatic rings. The van der Waals surface area contributed by atoms with Gasteiger partial charge in [0.1, 0.15) is 122 Å². The minimum Gasteiger partial charge on any atom is -0.469 e. The Bertz CT molecular complexity index is 1640. The van der Waals surface area contributed by atoms with Crippen molar-refractivity contribution in [2.75, 3.05) is 46.8 Å². The van der Waals surface area contributed by atoms with Gasteiger partial charge in [-0.1, -0.05) is 0 Å². The molecule has 5 aliphatic heterocycles. The van der Waals surface area contributed by atoms with Gasteiger partial charge in [0, 0.05) is 26.9 Å². The predicted octanol–water partition coefficient (Wildman–Crippen LogP) is -10.3. The minimum absolute atomic E-state index is 0.00379. The molecule has 0 aromatic heterocycles. The number of hydrogen-bond acceptors (Lipinski definition) is 28. The Labute approximate surface area is 399 Å². The van der Waals surface area contributed by atoms with Crippen molar-refractivity contribution in [3.8, 4) is 0 Å². The van der Waals surface area contributed by atoms with Gasteiger partial charge in [-0.05, 0) is 12.8 Å². The van der Waals surface area contributed by atoms with Crippen LogP contribution < -0.4 is 10.6 Å². The molecule has 5 fully saturated rings. The third-order valence-electron chi connectivity index (χ3n) is 12.4. The number of carbonyl (C=O) groups is 3. The molecular weight excluding hydrogens is 956 g/mol. The van der Waals surface area contributed by atoms with Gasteiger partial charge < -0.3 is 134 Å². The van der Waals surface area contributed by atoms with Crippen LogP contribution in [0.2, 0.25) is 0 Å². The first-order valence-electron chi connectivity index (χ1n) is 22.5. The number of esters is 1. The summed E-state index contributed by atoms with van der Waals surface area (Å²) in [7, 11) is 1.20. The minimum atomic E-state index is -2.05. The number of amides is 2. The fraction of sp³-hybridized carbons (Fsp3) is 0.925. The van der Waals surface area contributed by atoms with Gasteiger partial charge in [-0.15, -0.1) is 0 Å². The van der Waals surface area contributed by atoms with Crippen LogP contribution >= 0.6 is 0 Å². The molecule has 0 aliphatic carbocycles. The van der Waals surface area contributed by atoms with E-state index >= 15 is 0 Å². The highest BCUT2D eigenvalue weighted by Gasteiger charge is 2.57. The molecule has 0 bridgehead atoms. The van der Waals surface area contributed by atoms with Gasteiger partial charge in [0.05, 0.1) is 40.1 Å². The van der Waals surface area contributed by atoms with Crippen LogP contribution in [0.25, 0.3) is 0 Å². The second-order valence-corrected chi connectivity index (χ2v) is 17.3. The molecule has 5 heterocycles. The molecule has 5 rings (SSSR count). The van der Waals surface area contributed by atoms with Crippen molar-refractivity contribution in [1.29, 1.82) is 0 Å². The number of ether oxygens (including phenoxy) is 11. The first kappa shape index (κ1) is 58.3. The zero-order chi connectivity index (χ0) is 51.7. The Morgan fingerprint density at radius 2 is 0.786 bits per heavy atom. The van der Waals surface area contributed by atoms with E-state index in [1.54, 1.807) is 0 Å². The highest BCUT2D eigenvalue weighted by Crippen LogP contribution is 2.36. The van der Waals surface area contributed by atoms with Crippen molar-refractivity contribution in [1.82, 2.24) is 10.6 Å². The summed E-state index contributed by atoms with van der Waals surface area (Å²) in [6.45, 7) is -2.63. The van der Waals surface area contributed by atoms with Crippen LogP contribution in [0.3, 0.4) is 0 Å². The largest absolute Gasteiger partial charge is 0.469 e. The van der Waals surface area contributed by atoms with Crippen LogP contribution in [0.5, 0.6) is 0 Å². The van der Waals surface area contributed by atoms with E-state index in [0.717, 1.165) is 13.8 Å². The van der Waals surface area contributed by atoms with E-state index in [9.17, 15) is 85.9 Å². The number of aliphatic hydroxyl groups excluding tert-OH is 14. The molecule has 2 amide bonds. The first-order chi connectivity index (χ1) is 33.2. The Balaban J connectivity index is 1.43. The monoisotopic (exact) mass is 1020 g/mol. The van der Waals surface area contributed by atoms with Crippen LogP contribution in [0.1, 0.15) is 33.1 Å². The third kappa shape index (κ3) is 13.6. The molecule has 0 saturated carbocycles. The van der Waals surface area contributed by atoms with E-state index < -0.39 is 204 Å². The van der Waals surface area contributed by atoms with Gasteiger partial charge in [0.15, 0.2) is 31.5 Å². The summed E-state index contributed by atoms with van der Waals surface area (Å²) < 4.78 is 63.3. The molecule has 5 saturated heterocycles. The average molecular weight is 1020 g/mol. The molecule has 0 radical (unpaired) electrons. The van der Waals surface area contributed by atoms with Crippen LogP contribution in [-0.2, 0) is 66.5 Å². The standard InChI is InChI=1S/C40H68N2O28/c1-13(48)41-21-25(53)32(68-38-29(57)27(55)23(51)15(8-43)62-38)17(10-45)64-36(21)67-34-19(12-47)66-40(61-7-5-4-6-20(50)60-3)35(31(34)59)70-37-22(42-14(2)49)26(54)33(18(11-46)65-37)69-39-30(58)28(56)24(52)16(9-44)63-39/h15-19,21-40,43-47,51-59H,4-12H2,1-3H3,(H,41,48)(H,42,49)/t15-,16-,17-,18-,19-,21-,22-,23+,24+,25-,26-,27+,28+,29-,30-,31+,32-,33-,34+,35-,36+,37+,38+,39+,40-/m1/s1.